The second-order valence-electron chi connectivity index (χ2n) is 5.46. The summed E-state index contributed by atoms with van der Waals surface area (Å²) in [6.45, 7) is 2.87. The lowest BCUT2D eigenvalue weighted by Crippen LogP contribution is -2.34. The summed E-state index contributed by atoms with van der Waals surface area (Å²) < 4.78 is 44.0. The fourth-order valence-corrected chi connectivity index (χ4v) is 3.67. The van der Waals surface area contributed by atoms with Crippen LogP contribution < -0.4 is 14.2 Å². The van der Waals surface area contributed by atoms with Crippen LogP contribution in [0.15, 0.2) is 45.9 Å². The van der Waals surface area contributed by atoms with Crippen LogP contribution in [-0.2, 0) is 16.4 Å². The first kappa shape index (κ1) is 15.9. The normalized spacial score (nSPS) is 15.9. The van der Waals surface area contributed by atoms with E-state index in [4.69, 9.17) is 13.9 Å². The minimum absolute atomic E-state index is 0.160. The van der Waals surface area contributed by atoms with Crippen LogP contribution in [0.5, 0.6) is 11.5 Å². The first-order chi connectivity index (χ1) is 11.0. The number of nitrogens with one attached hydrogen (secondary N) is 1. The van der Waals surface area contributed by atoms with E-state index in [2.05, 4.69) is 4.72 Å². The van der Waals surface area contributed by atoms with Crippen molar-refractivity contribution >= 4 is 10.0 Å². The Morgan fingerprint density at radius 2 is 1.96 bits per heavy atom. The molecule has 124 valence electrons. The second kappa shape index (κ2) is 6.64. The van der Waals surface area contributed by atoms with Crippen LogP contribution in [-0.4, -0.2) is 27.7 Å². The van der Waals surface area contributed by atoms with Gasteiger partial charge >= 0.3 is 0 Å². The smallest absolute Gasteiger partial charge is 0.240 e. The van der Waals surface area contributed by atoms with Crippen molar-refractivity contribution in [3.05, 3.63) is 42.4 Å². The highest BCUT2D eigenvalue weighted by atomic mass is 32.2. The zero-order valence-corrected chi connectivity index (χ0v) is 13.6. The molecule has 1 N–H and O–H groups in total. The average Bonchev–Trinajstić information content (AvgIpc) is 2.88. The lowest BCUT2D eigenvalue weighted by Gasteiger charge is -2.14. The lowest BCUT2D eigenvalue weighted by atomic mass is 10.2. The Balaban J connectivity index is 1.75. The number of benzene rings is 1. The summed E-state index contributed by atoms with van der Waals surface area (Å²) in [7, 11) is -3.64. The molecular weight excluding hydrogens is 318 g/mol. The van der Waals surface area contributed by atoms with Crippen LogP contribution in [0.4, 0.5) is 0 Å². The minimum Gasteiger partial charge on any atom is -0.490 e. The fraction of sp³-hybridized carbons (Fsp3) is 0.375. The van der Waals surface area contributed by atoms with E-state index in [1.54, 1.807) is 25.3 Å². The summed E-state index contributed by atoms with van der Waals surface area (Å²) in [5.41, 5.74) is 0. The SMILES string of the molecule is C[C@@H](Cc1ccco1)NS(=O)(=O)c1ccc2c(c1)OCCCO2. The number of hydrogen-bond acceptors (Lipinski definition) is 5. The summed E-state index contributed by atoms with van der Waals surface area (Å²) in [6.07, 6.45) is 2.83. The molecule has 6 nitrogen and oxygen atoms in total. The highest BCUT2D eigenvalue weighted by Crippen LogP contribution is 2.31. The van der Waals surface area contributed by atoms with Crippen molar-refractivity contribution in [3.8, 4) is 11.5 Å². The number of furan rings is 1. The number of ether oxygens (including phenoxy) is 2. The van der Waals surface area contributed by atoms with Crippen molar-refractivity contribution in [3.63, 3.8) is 0 Å². The van der Waals surface area contributed by atoms with Gasteiger partial charge in [-0.15, -0.1) is 0 Å². The number of sulfonamides is 1. The maximum atomic E-state index is 12.5. The van der Waals surface area contributed by atoms with Crippen molar-refractivity contribution < 1.29 is 22.3 Å². The molecule has 1 aromatic heterocycles. The molecule has 0 amide bonds. The molecule has 0 radical (unpaired) electrons. The first-order valence-electron chi connectivity index (χ1n) is 7.49. The zero-order valence-electron chi connectivity index (χ0n) is 12.8. The van der Waals surface area contributed by atoms with Gasteiger partial charge in [0, 0.05) is 24.9 Å². The first-order valence-corrected chi connectivity index (χ1v) is 8.97. The summed E-state index contributed by atoms with van der Waals surface area (Å²) >= 11 is 0. The molecule has 1 aliphatic rings. The fourth-order valence-electron chi connectivity index (χ4n) is 2.42. The monoisotopic (exact) mass is 337 g/mol. The van der Waals surface area contributed by atoms with Crippen LogP contribution in [0, 0.1) is 0 Å². The summed E-state index contributed by atoms with van der Waals surface area (Å²) in [5, 5.41) is 0. The largest absolute Gasteiger partial charge is 0.490 e. The molecule has 0 saturated carbocycles. The van der Waals surface area contributed by atoms with Crippen molar-refractivity contribution in [2.45, 2.75) is 30.7 Å². The molecule has 2 heterocycles. The Morgan fingerprint density at radius 3 is 2.70 bits per heavy atom. The molecule has 0 aliphatic carbocycles. The molecule has 23 heavy (non-hydrogen) atoms. The Morgan fingerprint density at radius 1 is 1.17 bits per heavy atom. The predicted molar refractivity (Wildman–Crippen MR) is 84.2 cm³/mol. The lowest BCUT2D eigenvalue weighted by molar-refractivity contribution is 0.297. The van der Waals surface area contributed by atoms with Gasteiger partial charge < -0.3 is 13.9 Å². The topological polar surface area (TPSA) is 77.8 Å². The van der Waals surface area contributed by atoms with Crippen molar-refractivity contribution in [1.82, 2.24) is 4.72 Å². The quantitative estimate of drug-likeness (QED) is 0.906. The number of hydrogen-bond donors (Lipinski definition) is 1. The van der Waals surface area contributed by atoms with Gasteiger partial charge in [-0.1, -0.05) is 0 Å². The van der Waals surface area contributed by atoms with Crippen LogP contribution in [0.3, 0.4) is 0 Å². The van der Waals surface area contributed by atoms with Crippen LogP contribution >= 0.6 is 0 Å². The summed E-state index contributed by atoms with van der Waals surface area (Å²) in [6, 6.07) is 7.96. The molecule has 2 aromatic rings. The number of rotatable bonds is 5. The third kappa shape index (κ3) is 3.86. The van der Waals surface area contributed by atoms with E-state index >= 15 is 0 Å². The molecular formula is C16H19NO5S. The van der Waals surface area contributed by atoms with Gasteiger partial charge in [0.2, 0.25) is 10.0 Å². The van der Waals surface area contributed by atoms with Gasteiger partial charge in [-0.05, 0) is 31.2 Å². The van der Waals surface area contributed by atoms with Gasteiger partial charge in [-0.3, -0.25) is 0 Å². The van der Waals surface area contributed by atoms with Gasteiger partial charge in [0.15, 0.2) is 11.5 Å². The third-order valence-electron chi connectivity index (χ3n) is 3.47. The Bertz CT molecular complexity index is 755. The minimum atomic E-state index is -3.64. The highest BCUT2D eigenvalue weighted by Gasteiger charge is 2.21. The molecule has 1 aliphatic heterocycles. The van der Waals surface area contributed by atoms with E-state index in [0.29, 0.717) is 31.1 Å². The summed E-state index contributed by atoms with van der Waals surface area (Å²) in [4.78, 5) is 0.160. The van der Waals surface area contributed by atoms with E-state index in [9.17, 15) is 8.42 Å². The second-order valence-corrected chi connectivity index (χ2v) is 7.18. The summed E-state index contributed by atoms with van der Waals surface area (Å²) in [5.74, 6) is 1.77. The molecule has 1 aromatic carbocycles. The van der Waals surface area contributed by atoms with E-state index < -0.39 is 10.0 Å². The average molecular weight is 337 g/mol. The molecule has 1 atom stereocenters. The Kier molecular flexibility index (Phi) is 4.58. The maximum Gasteiger partial charge on any atom is 0.240 e. The van der Waals surface area contributed by atoms with E-state index in [0.717, 1.165) is 12.2 Å². The van der Waals surface area contributed by atoms with Gasteiger partial charge in [0.25, 0.3) is 0 Å². The van der Waals surface area contributed by atoms with Crippen molar-refractivity contribution in [2.24, 2.45) is 0 Å². The maximum absolute atomic E-state index is 12.5. The molecule has 0 spiro atoms. The van der Waals surface area contributed by atoms with E-state index in [1.807, 2.05) is 6.07 Å². The molecule has 7 heteroatoms. The highest BCUT2D eigenvalue weighted by molar-refractivity contribution is 7.89. The van der Waals surface area contributed by atoms with Gasteiger partial charge in [-0.25, -0.2) is 13.1 Å². The Labute approximate surface area is 135 Å². The molecule has 0 unspecified atom stereocenters. The van der Waals surface area contributed by atoms with Gasteiger partial charge in [0.1, 0.15) is 5.76 Å². The van der Waals surface area contributed by atoms with E-state index in [-0.39, 0.29) is 10.9 Å². The number of fused-ring (bicyclic) bond motifs is 1. The zero-order chi connectivity index (χ0) is 16.3. The molecule has 0 saturated heterocycles. The standard InChI is InChI=1S/C16H19NO5S/c1-12(10-13-4-2-7-20-13)17-23(18,19)14-5-6-15-16(11-14)22-9-3-8-21-15/h2,4-7,11-12,17H,3,8-10H2,1H3/t12-/m0/s1. The Hall–Kier alpha value is -1.99. The molecule has 0 bridgehead atoms. The van der Waals surface area contributed by atoms with Crippen LogP contribution in [0.2, 0.25) is 0 Å². The van der Waals surface area contributed by atoms with Crippen molar-refractivity contribution in [1.29, 1.82) is 0 Å². The van der Waals surface area contributed by atoms with Crippen molar-refractivity contribution in [2.75, 3.05) is 13.2 Å². The third-order valence-corrected chi connectivity index (χ3v) is 5.06. The van der Waals surface area contributed by atoms with E-state index in [1.165, 1.54) is 12.1 Å². The van der Waals surface area contributed by atoms with Gasteiger partial charge in [-0.2, -0.15) is 0 Å². The van der Waals surface area contributed by atoms with Crippen LogP contribution in [0.1, 0.15) is 19.1 Å². The van der Waals surface area contributed by atoms with Gasteiger partial charge in [0.05, 0.1) is 24.4 Å². The molecule has 0 fully saturated rings. The van der Waals surface area contributed by atoms with Crippen LogP contribution in [0.25, 0.3) is 0 Å². The predicted octanol–water partition coefficient (Wildman–Crippen LogP) is 2.35. The molecule has 3 rings (SSSR count).